The number of hydrogen-bond donors (Lipinski definition) is 3. The Hall–Kier alpha value is -1.32. The van der Waals surface area contributed by atoms with E-state index in [2.05, 4.69) is 4.72 Å². The molecule has 1 fully saturated rings. The molecule has 112 valence electrons. The van der Waals surface area contributed by atoms with Gasteiger partial charge in [0.25, 0.3) is 0 Å². The van der Waals surface area contributed by atoms with Gasteiger partial charge in [0.2, 0.25) is 10.0 Å². The predicted octanol–water partition coefficient (Wildman–Crippen LogP) is -0.170. The second-order valence-electron chi connectivity index (χ2n) is 4.77. The third-order valence-corrected chi connectivity index (χ3v) is 6.42. The number of anilines is 1. The second-order valence-corrected chi connectivity index (χ2v) is 8.79. The standard InChI is InChI=1S/C11H16N2O5S2/c12-10-7-9(1-2-11(10)14)20(17,18)13-8-3-5-19(15,16)6-4-8/h1-2,7-8,13-14H,3-6,12H2. The lowest BCUT2D eigenvalue weighted by molar-refractivity contribution is 0.477. The fourth-order valence-corrected chi connectivity index (χ4v) is 4.83. The van der Waals surface area contributed by atoms with E-state index < -0.39 is 25.9 Å². The number of sulfonamides is 1. The third-order valence-electron chi connectivity index (χ3n) is 3.19. The Bertz CT molecular complexity index is 698. The lowest BCUT2D eigenvalue weighted by Crippen LogP contribution is -2.40. The van der Waals surface area contributed by atoms with E-state index in [9.17, 15) is 21.9 Å². The molecule has 1 aliphatic rings. The molecule has 0 amide bonds. The average molecular weight is 320 g/mol. The molecule has 20 heavy (non-hydrogen) atoms. The van der Waals surface area contributed by atoms with Crippen LogP contribution in [0.3, 0.4) is 0 Å². The van der Waals surface area contributed by atoms with Gasteiger partial charge in [-0.3, -0.25) is 0 Å². The molecule has 2 rings (SSSR count). The molecule has 9 heteroatoms. The van der Waals surface area contributed by atoms with Gasteiger partial charge in [0.05, 0.1) is 22.1 Å². The van der Waals surface area contributed by atoms with Crippen molar-refractivity contribution in [3.8, 4) is 5.75 Å². The van der Waals surface area contributed by atoms with Crippen LogP contribution in [0, 0.1) is 0 Å². The van der Waals surface area contributed by atoms with Crippen LogP contribution in [0.15, 0.2) is 23.1 Å². The molecule has 0 unspecified atom stereocenters. The highest BCUT2D eigenvalue weighted by molar-refractivity contribution is 7.91. The maximum absolute atomic E-state index is 12.1. The van der Waals surface area contributed by atoms with E-state index >= 15 is 0 Å². The molecule has 0 saturated carbocycles. The first-order chi connectivity index (χ1) is 9.20. The molecule has 7 nitrogen and oxygen atoms in total. The highest BCUT2D eigenvalue weighted by atomic mass is 32.2. The number of benzene rings is 1. The summed E-state index contributed by atoms with van der Waals surface area (Å²) in [6, 6.07) is 3.21. The summed E-state index contributed by atoms with van der Waals surface area (Å²) in [5.74, 6) is -0.219. The second kappa shape index (κ2) is 5.23. The van der Waals surface area contributed by atoms with Crippen molar-refractivity contribution in [1.29, 1.82) is 0 Å². The molecule has 1 aromatic rings. The Balaban J connectivity index is 2.13. The summed E-state index contributed by atoms with van der Waals surface area (Å²) in [4.78, 5) is -0.0544. The first kappa shape index (κ1) is 15.1. The summed E-state index contributed by atoms with van der Waals surface area (Å²) in [6.45, 7) is 0. The van der Waals surface area contributed by atoms with E-state index in [1.165, 1.54) is 12.1 Å². The molecule has 1 heterocycles. The molecular formula is C11H16N2O5S2. The molecule has 1 aliphatic heterocycles. The molecule has 0 radical (unpaired) electrons. The van der Waals surface area contributed by atoms with Gasteiger partial charge in [-0.2, -0.15) is 0 Å². The Kier molecular flexibility index (Phi) is 3.94. The van der Waals surface area contributed by atoms with Gasteiger partial charge in [-0.25, -0.2) is 21.6 Å². The van der Waals surface area contributed by atoms with Crippen LogP contribution in [0.5, 0.6) is 5.75 Å². The third kappa shape index (κ3) is 3.41. The number of aromatic hydroxyl groups is 1. The van der Waals surface area contributed by atoms with E-state index in [0.29, 0.717) is 0 Å². The van der Waals surface area contributed by atoms with Crippen molar-refractivity contribution in [2.24, 2.45) is 0 Å². The minimum absolute atomic E-state index is 0.0160. The maximum Gasteiger partial charge on any atom is 0.240 e. The average Bonchev–Trinajstić information content (AvgIpc) is 2.35. The molecule has 0 atom stereocenters. The van der Waals surface area contributed by atoms with Gasteiger partial charge in [-0.1, -0.05) is 0 Å². The summed E-state index contributed by atoms with van der Waals surface area (Å²) < 4.78 is 49.3. The quantitative estimate of drug-likeness (QED) is 0.524. The molecular weight excluding hydrogens is 304 g/mol. The van der Waals surface area contributed by atoms with E-state index in [1.807, 2.05) is 0 Å². The largest absolute Gasteiger partial charge is 0.506 e. The summed E-state index contributed by atoms with van der Waals surface area (Å²) in [6.07, 6.45) is 0.518. The summed E-state index contributed by atoms with van der Waals surface area (Å²) >= 11 is 0. The Morgan fingerprint density at radius 3 is 2.40 bits per heavy atom. The summed E-state index contributed by atoms with van der Waals surface area (Å²) in [5, 5.41) is 9.28. The molecule has 0 aromatic heterocycles. The Morgan fingerprint density at radius 1 is 1.25 bits per heavy atom. The number of hydrogen-bond acceptors (Lipinski definition) is 6. The molecule has 1 aromatic carbocycles. The Morgan fingerprint density at radius 2 is 1.85 bits per heavy atom. The smallest absolute Gasteiger partial charge is 0.240 e. The summed E-state index contributed by atoms with van der Waals surface area (Å²) in [7, 11) is -6.81. The number of nitrogens with two attached hydrogens (primary N) is 1. The van der Waals surface area contributed by atoms with Crippen molar-refractivity contribution in [3.05, 3.63) is 18.2 Å². The Labute approximate surface area is 117 Å². The fourth-order valence-electron chi connectivity index (χ4n) is 2.00. The first-order valence-corrected chi connectivity index (χ1v) is 9.31. The van der Waals surface area contributed by atoms with Gasteiger partial charge in [0.15, 0.2) is 0 Å². The van der Waals surface area contributed by atoms with Crippen LogP contribution in [0.25, 0.3) is 0 Å². The first-order valence-electron chi connectivity index (χ1n) is 6.01. The van der Waals surface area contributed by atoms with Gasteiger partial charge in [-0.05, 0) is 31.0 Å². The van der Waals surface area contributed by atoms with Gasteiger partial charge < -0.3 is 10.8 Å². The molecule has 4 N–H and O–H groups in total. The number of sulfone groups is 1. The SMILES string of the molecule is Nc1cc(S(=O)(=O)NC2CCS(=O)(=O)CC2)ccc1O. The number of rotatable bonds is 3. The van der Waals surface area contributed by atoms with Crippen molar-refractivity contribution < 1.29 is 21.9 Å². The van der Waals surface area contributed by atoms with E-state index in [1.54, 1.807) is 0 Å². The van der Waals surface area contributed by atoms with Crippen LogP contribution < -0.4 is 10.5 Å². The van der Waals surface area contributed by atoms with Gasteiger partial charge in [0, 0.05) is 6.04 Å². The number of phenols is 1. The van der Waals surface area contributed by atoms with Gasteiger partial charge in [0.1, 0.15) is 15.6 Å². The van der Waals surface area contributed by atoms with E-state index in [0.717, 1.165) is 6.07 Å². The van der Waals surface area contributed by atoms with Crippen LogP contribution in [0.4, 0.5) is 5.69 Å². The fraction of sp³-hybridized carbons (Fsp3) is 0.455. The number of nitrogens with one attached hydrogen (secondary N) is 1. The summed E-state index contributed by atoms with van der Waals surface area (Å²) in [5.41, 5.74) is 5.44. The van der Waals surface area contributed by atoms with Crippen LogP contribution in [0.2, 0.25) is 0 Å². The van der Waals surface area contributed by atoms with E-state index in [-0.39, 0.29) is 40.7 Å². The van der Waals surface area contributed by atoms with Crippen LogP contribution in [0.1, 0.15) is 12.8 Å². The molecule has 0 aliphatic carbocycles. The highest BCUT2D eigenvalue weighted by Gasteiger charge is 2.27. The zero-order chi connectivity index (χ0) is 15.0. The minimum Gasteiger partial charge on any atom is -0.506 e. The maximum atomic E-state index is 12.1. The van der Waals surface area contributed by atoms with Gasteiger partial charge >= 0.3 is 0 Å². The van der Waals surface area contributed by atoms with Crippen LogP contribution >= 0.6 is 0 Å². The van der Waals surface area contributed by atoms with Crippen molar-refractivity contribution in [1.82, 2.24) is 4.72 Å². The normalized spacial score (nSPS) is 19.8. The topological polar surface area (TPSA) is 127 Å². The predicted molar refractivity (Wildman–Crippen MR) is 74.5 cm³/mol. The van der Waals surface area contributed by atoms with Crippen molar-refractivity contribution in [3.63, 3.8) is 0 Å². The van der Waals surface area contributed by atoms with Crippen LogP contribution in [-0.2, 0) is 19.9 Å². The number of nitrogen functional groups attached to an aromatic ring is 1. The zero-order valence-corrected chi connectivity index (χ0v) is 12.2. The van der Waals surface area contributed by atoms with Crippen molar-refractivity contribution in [2.45, 2.75) is 23.8 Å². The zero-order valence-electron chi connectivity index (χ0n) is 10.6. The van der Waals surface area contributed by atoms with E-state index in [4.69, 9.17) is 5.73 Å². The van der Waals surface area contributed by atoms with Crippen LogP contribution in [-0.4, -0.2) is 39.5 Å². The molecule has 1 saturated heterocycles. The van der Waals surface area contributed by atoms with Crippen molar-refractivity contribution >= 4 is 25.5 Å². The minimum atomic E-state index is -3.77. The lowest BCUT2D eigenvalue weighted by atomic mass is 10.2. The lowest BCUT2D eigenvalue weighted by Gasteiger charge is -2.22. The molecule has 0 spiro atoms. The highest BCUT2D eigenvalue weighted by Crippen LogP contribution is 2.24. The molecule has 0 bridgehead atoms. The van der Waals surface area contributed by atoms with Crippen molar-refractivity contribution in [2.75, 3.05) is 17.2 Å². The monoisotopic (exact) mass is 320 g/mol. The van der Waals surface area contributed by atoms with Gasteiger partial charge in [-0.15, -0.1) is 0 Å². The number of phenolic OH excluding ortho intramolecular Hbond substituents is 1.